The molecule has 1 atom stereocenters. The second kappa shape index (κ2) is 8.59. The molecular formula is C21H26N6O2. The summed E-state index contributed by atoms with van der Waals surface area (Å²) in [5.41, 5.74) is 6.96. The zero-order chi connectivity index (χ0) is 20.2. The van der Waals surface area contributed by atoms with Crippen molar-refractivity contribution in [1.82, 2.24) is 25.1 Å². The van der Waals surface area contributed by atoms with E-state index >= 15 is 0 Å². The summed E-state index contributed by atoms with van der Waals surface area (Å²) in [6, 6.07) is 11.3. The number of nitrogens with two attached hydrogens (primary N) is 1. The van der Waals surface area contributed by atoms with E-state index in [1.165, 1.54) is 0 Å². The first-order valence-corrected chi connectivity index (χ1v) is 9.87. The predicted octanol–water partition coefficient (Wildman–Crippen LogP) is 1.80. The Morgan fingerprint density at radius 1 is 1.14 bits per heavy atom. The summed E-state index contributed by atoms with van der Waals surface area (Å²) in [5, 5.41) is 3.87. The highest BCUT2D eigenvalue weighted by Gasteiger charge is 2.21. The number of fused-ring (bicyclic) bond motifs is 1. The van der Waals surface area contributed by atoms with E-state index < -0.39 is 0 Å². The highest BCUT2D eigenvalue weighted by atomic mass is 16.3. The molecule has 1 aliphatic rings. The molecule has 1 aromatic carbocycles. The van der Waals surface area contributed by atoms with E-state index in [0.717, 1.165) is 48.7 Å². The molecular weight excluding hydrogens is 368 g/mol. The maximum Gasteiger partial charge on any atom is 0.234 e. The number of anilines is 1. The van der Waals surface area contributed by atoms with E-state index in [1.807, 2.05) is 43.3 Å². The normalized spacial score (nSPS) is 16.7. The first-order valence-electron chi connectivity index (χ1n) is 9.87. The number of amides is 1. The number of aromatic nitrogens is 2. The third-order valence-electron chi connectivity index (χ3n) is 5.22. The van der Waals surface area contributed by atoms with Crippen molar-refractivity contribution in [3.05, 3.63) is 54.2 Å². The maximum absolute atomic E-state index is 12.3. The fraction of sp³-hybridized carbons (Fsp3) is 0.381. The summed E-state index contributed by atoms with van der Waals surface area (Å²) in [5.74, 6) is 2.03. The lowest BCUT2D eigenvalue weighted by atomic mass is 10.2. The van der Waals surface area contributed by atoms with Gasteiger partial charge >= 0.3 is 0 Å². The van der Waals surface area contributed by atoms with E-state index in [4.69, 9.17) is 10.2 Å². The monoisotopic (exact) mass is 394 g/mol. The van der Waals surface area contributed by atoms with Crippen LogP contribution in [0.2, 0.25) is 0 Å². The summed E-state index contributed by atoms with van der Waals surface area (Å²) < 4.78 is 5.34. The van der Waals surface area contributed by atoms with Crippen LogP contribution < -0.4 is 11.1 Å². The van der Waals surface area contributed by atoms with Crippen molar-refractivity contribution in [3.8, 4) is 0 Å². The average Bonchev–Trinajstić information content (AvgIpc) is 3.25. The minimum Gasteiger partial charge on any atom is -0.467 e. The van der Waals surface area contributed by atoms with Crippen LogP contribution in [0.4, 0.5) is 5.82 Å². The molecule has 3 aromatic rings. The number of nitrogens with zero attached hydrogens (tertiary/aromatic N) is 4. The number of carbonyl (C=O) groups excluding carboxylic acids is 1. The third kappa shape index (κ3) is 4.72. The SMILES string of the molecule is CC(NC(=O)CN1CCN(Cc2nc(N)c3ccccc3n2)CC1)c1ccco1. The fourth-order valence-electron chi connectivity index (χ4n) is 3.63. The highest BCUT2D eigenvalue weighted by Crippen LogP contribution is 2.18. The molecule has 152 valence electrons. The molecule has 0 spiro atoms. The smallest absolute Gasteiger partial charge is 0.234 e. The van der Waals surface area contributed by atoms with Gasteiger partial charge in [-0.3, -0.25) is 14.6 Å². The Kier molecular flexibility index (Phi) is 5.73. The van der Waals surface area contributed by atoms with Gasteiger partial charge in [0.15, 0.2) is 0 Å². The number of benzene rings is 1. The Morgan fingerprint density at radius 3 is 2.66 bits per heavy atom. The number of nitrogens with one attached hydrogen (secondary N) is 1. The predicted molar refractivity (Wildman–Crippen MR) is 111 cm³/mol. The molecule has 1 unspecified atom stereocenters. The van der Waals surface area contributed by atoms with E-state index in [1.54, 1.807) is 6.26 Å². The number of piperazine rings is 1. The average molecular weight is 394 g/mol. The van der Waals surface area contributed by atoms with Crippen molar-refractivity contribution in [2.75, 3.05) is 38.5 Å². The number of para-hydroxylation sites is 1. The number of hydrogen-bond acceptors (Lipinski definition) is 7. The Bertz CT molecular complexity index is 966. The van der Waals surface area contributed by atoms with Gasteiger partial charge in [0.1, 0.15) is 17.4 Å². The van der Waals surface area contributed by atoms with Gasteiger partial charge in [-0.25, -0.2) is 9.97 Å². The van der Waals surface area contributed by atoms with Crippen LogP contribution in [0.1, 0.15) is 24.6 Å². The van der Waals surface area contributed by atoms with Gasteiger partial charge in [0.2, 0.25) is 5.91 Å². The summed E-state index contributed by atoms with van der Waals surface area (Å²) in [6.07, 6.45) is 1.62. The van der Waals surface area contributed by atoms with E-state index in [0.29, 0.717) is 18.9 Å². The standard InChI is InChI=1S/C21H26N6O2/c1-15(18-7-4-12-29-18)23-20(28)14-27-10-8-26(9-11-27)13-19-24-17-6-3-2-5-16(17)21(22)25-19/h2-7,12,15H,8-11,13-14H2,1H3,(H,23,28)(H2,22,24,25). The molecule has 1 saturated heterocycles. The zero-order valence-corrected chi connectivity index (χ0v) is 16.5. The molecule has 1 aliphatic heterocycles. The van der Waals surface area contributed by atoms with Crippen LogP contribution in [-0.2, 0) is 11.3 Å². The second-order valence-corrected chi connectivity index (χ2v) is 7.40. The molecule has 8 heteroatoms. The van der Waals surface area contributed by atoms with Gasteiger partial charge in [0.25, 0.3) is 0 Å². The summed E-state index contributed by atoms with van der Waals surface area (Å²) in [7, 11) is 0. The van der Waals surface area contributed by atoms with Gasteiger partial charge in [-0.15, -0.1) is 0 Å². The van der Waals surface area contributed by atoms with Crippen molar-refractivity contribution in [3.63, 3.8) is 0 Å². The van der Waals surface area contributed by atoms with Gasteiger partial charge in [0.05, 0.1) is 30.9 Å². The summed E-state index contributed by atoms with van der Waals surface area (Å²) in [4.78, 5) is 25.9. The molecule has 4 rings (SSSR count). The maximum atomic E-state index is 12.3. The van der Waals surface area contributed by atoms with Crippen molar-refractivity contribution in [2.45, 2.75) is 19.5 Å². The topological polar surface area (TPSA) is 101 Å². The van der Waals surface area contributed by atoms with Crippen LogP contribution in [0.5, 0.6) is 0 Å². The third-order valence-corrected chi connectivity index (χ3v) is 5.22. The van der Waals surface area contributed by atoms with Crippen molar-refractivity contribution in [2.24, 2.45) is 0 Å². The first kappa shape index (κ1) is 19.4. The minimum absolute atomic E-state index is 0.00739. The molecule has 0 saturated carbocycles. The molecule has 1 fully saturated rings. The molecule has 0 aliphatic carbocycles. The quantitative estimate of drug-likeness (QED) is 0.657. The van der Waals surface area contributed by atoms with E-state index in [2.05, 4.69) is 25.1 Å². The number of carbonyl (C=O) groups is 1. The lowest BCUT2D eigenvalue weighted by molar-refractivity contribution is -0.123. The van der Waals surface area contributed by atoms with E-state index in [9.17, 15) is 4.79 Å². The van der Waals surface area contributed by atoms with Gasteiger partial charge < -0.3 is 15.5 Å². The Hall–Kier alpha value is -2.97. The molecule has 29 heavy (non-hydrogen) atoms. The Balaban J connectivity index is 1.27. The van der Waals surface area contributed by atoms with Gasteiger partial charge in [-0.05, 0) is 31.2 Å². The molecule has 2 aromatic heterocycles. The summed E-state index contributed by atoms with van der Waals surface area (Å²) >= 11 is 0. The van der Waals surface area contributed by atoms with Crippen LogP contribution >= 0.6 is 0 Å². The number of nitrogen functional groups attached to an aromatic ring is 1. The summed E-state index contributed by atoms with van der Waals surface area (Å²) in [6.45, 7) is 6.33. The largest absolute Gasteiger partial charge is 0.467 e. The Labute approximate surface area is 169 Å². The molecule has 3 heterocycles. The molecule has 0 radical (unpaired) electrons. The van der Waals surface area contributed by atoms with E-state index in [-0.39, 0.29) is 11.9 Å². The number of hydrogen-bond donors (Lipinski definition) is 2. The van der Waals surface area contributed by atoms with Crippen LogP contribution in [-0.4, -0.2) is 58.4 Å². The van der Waals surface area contributed by atoms with Crippen LogP contribution in [0, 0.1) is 0 Å². The fourth-order valence-corrected chi connectivity index (χ4v) is 3.63. The Morgan fingerprint density at radius 2 is 1.90 bits per heavy atom. The van der Waals surface area contributed by atoms with Crippen molar-refractivity contribution >= 4 is 22.6 Å². The van der Waals surface area contributed by atoms with Gasteiger partial charge in [0, 0.05) is 31.6 Å². The number of rotatable bonds is 6. The van der Waals surface area contributed by atoms with Crippen molar-refractivity contribution < 1.29 is 9.21 Å². The van der Waals surface area contributed by atoms with Gasteiger partial charge in [-0.2, -0.15) is 0 Å². The lowest BCUT2D eigenvalue weighted by Crippen LogP contribution is -2.49. The second-order valence-electron chi connectivity index (χ2n) is 7.40. The zero-order valence-electron chi connectivity index (χ0n) is 16.5. The van der Waals surface area contributed by atoms with Crippen LogP contribution in [0.25, 0.3) is 10.9 Å². The lowest BCUT2D eigenvalue weighted by Gasteiger charge is -2.34. The minimum atomic E-state index is -0.130. The molecule has 3 N–H and O–H groups in total. The van der Waals surface area contributed by atoms with Gasteiger partial charge in [-0.1, -0.05) is 12.1 Å². The number of furan rings is 1. The molecule has 1 amide bonds. The highest BCUT2D eigenvalue weighted by molar-refractivity contribution is 5.87. The van der Waals surface area contributed by atoms with Crippen LogP contribution in [0.15, 0.2) is 47.1 Å². The molecule has 0 bridgehead atoms. The first-order chi connectivity index (χ1) is 14.1. The van der Waals surface area contributed by atoms with Crippen LogP contribution in [0.3, 0.4) is 0 Å². The van der Waals surface area contributed by atoms with Crippen molar-refractivity contribution in [1.29, 1.82) is 0 Å². The molecule has 8 nitrogen and oxygen atoms in total.